The second-order valence-corrected chi connectivity index (χ2v) is 5.36. The maximum absolute atomic E-state index is 12.1. The number of nitrogens with one attached hydrogen (secondary N) is 2. The summed E-state index contributed by atoms with van der Waals surface area (Å²) in [6.07, 6.45) is 2.89. The van der Waals surface area contributed by atoms with Crippen molar-refractivity contribution in [2.45, 2.75) is 46.6 Å². The number of H-pyrrole nitrogens is 1. The molecule has 0 aliphatic rings. The van der Waals surface area contributed by atoms with Gasteiger partial charge in [-0.25, -0.2) is 4.98 Å². The Labute approximate surface area is 125 Å². The van der Waals surface area contributed by atoms with Gasteiger partial charge in [0.1, 0.15) is 0 Å². The van der Waals surface area contributed by atoms with E-state index in [4.69, 9.17) is 0 Å². The Morgan fingerprint density at radius 3 is 2.67 bits per heavy atom. The molecule has 2 rings (SSSR count). The summed E-state index contributed by atoms with van der Waals surface area (Å²) in [4.78, 5) is 19.4. The summed E-state index contributed by atoms with van der Waals surface area (Å²) in [5, 5.41) is 3.20. The summed E-state index contributed by atoms with van der Waals surface area (Å²) < 4.78 is 0. The van der Waals surface area contributed by atoms with Gasteiger partial charge < -0.3 is 5.32 Å². The minimum absolute atomic E-state index is 0.0248. The fourth-order valence-electron chi connectivity index (χ4n) is 2.33. The van der Waals surface area contributed by atoms with E-state index in [1.165, 1.54) is 11.1 Å². The standard InChI is InChI=1S/C17H23N3O/c1-4-5-10-15-13(3)19-17(20-16(15)21)18-11-14-9-7-6-8-12(14)2/h6-9H,4-5,10-11H2,1-3H3,(H2,18,19,20,21). The normalized spacial score (nSPS) is 10.6. The van der Waals surface area contributed by atoms with Crippen molar-refractivity contribution in [2.75, 3.05) is 5.32 Å². The van der Waals surface area contributed by atoms with Crippen molar-refractivity contribution in [3.05, 3.63) is 57.0 Å². The van der Waals surface area contributed by atoms with Crippen molar-refractivity contribution in [3.8, 4) is 0 Å². The minimum atomic E-state index is -0.0248. The molecule has 4 nitrogen and oxygen atoms in total. The third-order valence-corrected chi connectivity index (χ3v) is 3.71. The van der Waals surface area contributed by atoms with E-state index in [0.29, 0.717) is 12.5 Å². The van der Waals surface area contributed by atoms with Crippen LogP contribution < -0.4 is 10.9 Å². The molecular formula is C17H23N3O. The summed E-state index contributed by atoms with van der Waals surface area (Å²) in [6.45, 7) is 6.75. The van der Waals surface area contributed by atoms with E-state index in [1.807, 2.05) is 19.1 Å². The van der Waals surface area contributed by atoms with Crippen LogP contribution in [0.4, 0.5) is 5.95 Å². The number of benzene rings is 1. The molecule has 112 valence electrons. The molecule has 0 aliphatic carbocycles. The SMILES string of the molecule is CCCCc1c(C)nc(NCc2ccccc2C)[nH]c1=O. The van der Waals surface area contributed by atoms with Crippen molar-refractivity contribution in [2.24, 2.45) is 0 Å². The van der Waals surface area contributed by atoms with Crippen molar-refractivity contribution < 1.29 is 0 Å². The van der Waals surface area contributed by atoms with Crippen LogP contribution in [0.1, 0.15) is 42.1 Å². The van der Waals surface area contributed by atoms with Crippen LogP contribution in [-0.4, -0.2) is 9.97 Å². The number of hydrogen-bond donors (Lipinski definition) is 2. The molecule has 0 atom stereocenters. The third kappa shape index (κ3) is 3.94. The van der Waals surface area contributed by atoms with Crippen LogP contribution in [0, 0.1) is 13.8 Å². The molecule has 0 unspecified atom stereocenters. The van der Waals surface area contributed by atoms with E-state index in [-0.39, 0.29) is 5.56 Å². The zero-order valence-corrected chi connectivity index (χ0v) is 13.0. The maximum atomic E-state index is 12.1. The molecule has 2 N–H and O–H groups in total. The lowest BCUT2D eigenvalue weighted by atomic mass is 10.1. The predicted octanol–water partition coefficient (Wildman–Crippen LogP) is 3.34. The van der Waals surface area contributed by atoms with Crippen LogP contribution in [0.2, 0.25) is 0 Å². The van der Waals surface area contributed by atoms with E-state index >= 15 is 0 Å². The molecule has 0 spiro atoms. The molecule has 0 fully saturated rings. The highest BCUT2D eigenvalue weighted by molar-refractivity contribution is 5.33. The van der Waals surface area contributed by atoms with E-state index in [0.717, 1.165) is 30.5 Å². The fraction of sp³-hybridized carbons (Fsp3) is 0.412. The second kappa shape index (κ2) is 7.07. The molecule has 1 heterocycles. The highest BCUT2D eigenvalue weighted by atomic mass is 16.1. The van der Waals surface area contributed by atoms with Gasteiger partial charge in [-0.3, -0.25) is 9.78 Å². The smallest absolute Gasteiger partial charge is 0.255 e. The highest BCUT2D eigenvalue weighted by Gasteiger charge is 2.07. The topological polar surface area (TPSA) is 57.8 Å². The van der Waals surface area contributed by atoms with Crippen molar-refractivity contribution in [1.29, 1.82) is 0 Å². The molecule has 0 saturated carbocycles. The summed E-state index contributed by atoms with van der Waals surface area (Å²) in [5.41, 5.74) is 4.03. The monoisotopic (exact) mass is 285 g/mol. The lowest BCUT2D eigenvalue weighted by Gasteiger charge is -2.10. The van der Waals surface area contributed by atoms with Crippen LogP contribution in [0.25, 0.3) is 0 Å². The van der Waals surface area contributed by atoms with Gasteiger partial charge in [-0.15, -0.1) is 0 Å². The zero-order chi connectivity index (χ0) is 15.2. The van der Waals surface area contributed by atoms with Gasteiger partial charge in [-0.1, -0.05) is 37.6 Å². The van der Waals surface area contributed by atoms with Gasteiger partial charge in [-0.2, -0.15) is 0 Å². The first kappa shape index (κ1) is 15.3. The molecule has 0 saturated heterocycles. The first-order valence-corrected chi connectivity index (χ1v) is 7.50. The Kier molecular flexibility index (Phi) is 5.14. The highest BCUT2D eigenvalue weighted by Crippen LogP contribution is 2.10. The number of nitrogens with zero attached hydrogens (tertiary/aromatic N) is 1. The number of aromatic amines is 1. The first-order chi connectivity index (χ1) is 10.1. The van der Waals surface area contributed by atoms with Crippen LogP contribution in [0.3, 0.4) is 0 Å². The third-order valence-electron chi connectivity index (χ3n) is 3.71. The predicted molar refractivity (Wildman–Crippen MR) is 86.7 cm³/mol. The van der Waals surface area contributed by atoms with Gasteiger partial charge in [0.05, 0.1) is 0 Å². The van der Waals surface area contributed by atoms with Gasteiger partial charge in [0, 0.05) is 17.8 Å². The second-order valence-electron chi connectivity index (χ2n) is 5.36. The summed E-state index contributed by atoms with van der Waals surface area (Å²) in [5.74, 6) is 0.543. The average molecular weight is 285 g/mol. The number of aromatic nitrogens is 2. The number of aryl methyl sites for hydroxylation is 2. The lowest BCUT2D eigenvalue weighted by Crippen LogP contribution is -2.19. The lowest BCUT2D eigenvalue weighted by molar-refractivity contribution is 0.773. The maximum Gasteiger partial charge on any atom is 0.255 e. The Balaban J connectivity index is 2.11. The molecule has 2 aromatic rings. The largest absolute Gasteiger partial charge is 0.352 e. The molecule has 0 bridgehead atoms. The number of rotatable bonds is 6. The molecule has 0 radical (unpaired) electrons. The van der Waals surface area contributed by atoms with Gasteiger partial charge >= 0.3 is 0 Å². The van der Waals surface area contributed by atoms with Crippen LogP contribution >= 0.6 is 0 Å². The number of anilines is 1. The van der Waals surface area contributed by atoms with Crippen molar-refractivity contribution in [1.82, 2.24) is 9.97 Å². The van der Waals surface area contributed by atoms with Gasteiger partial charge in [0.15, 0.2) is 0 Å². The molecule has 0 amide bonds. The molecule has 0 aliphatic heterocycles. The number of hydrogen-bond acceptors (Lipinski definition) is 3. The molecular weight excluding hydrogens is 262 g/mol. The zero-order valence-electron chi connectivity index (χ0n) is 13.0. The van der Waals surface area contributed by atoms with E-state index in [1.54, 1.807) is 0 Å². The summed E-state index contributed by atoms with van der Waals surface area (Å²) in [6, 6.07) is 8.18. The quantitative estimate of drug-likeness (QED) is 0.855. The van der Waals surface area contributed by atoms with Crippen LogP contribution in [-0.2, 0) is 13.0 Å². The average Bonchev–Trinajstić information content (AvgIpc) is 2.46. The first-order valence-electron chi connectivity index (χ1n) is 7.50. The molecule has 1 aromatic heterocycles. The Bertz CT molecular complexity index is 661. The van der Waals surface area contributed by atoms with Crippen molar-refractivity contribution in [3.63, 3.8) is 0 Å². The molecule has 4 heteroatoms. The van der Waals surface area contributed by atoms with Crippen molar-refractivity contribution >= 4 is 5.95 Å². The molecule has 21 heavy (non-hydrogen) atoms. The molecule has 1 aromatic carbocycles. The Hall–Kier alpha value is -2.10. The minimum Gasteiger partial charge on any atom is -0.352 e. The van der Waals surface area contributed by atoms with Crippen LogP contribution in [0.5, 0.6) is 0 Å². The van der Waals surface area contributed by atoms with E-state index in [9.17, 15) is 4.79 Å². The Morgan fingerprint density at radius 1 is 1.24 bits per heavy atom. The fourth-order valence-corrected chi connectivity index (χ4v) is 2.33. The Morgan fingerprint density at radius 2 is 2.00 bits per heavy atom. The van der Waals surface area contributed by atoms with E-state index < -0.39 is 0 Å². The van der Waals surface area contributed by atoms with Gasteiger partial charge in [0.2, 0.25) is 5.95 Å². The summed E-state index contributed by atoms with van der Waals surface area (Å²) >= 11 is 0. The van der Waals surface area contributed by atoms with Gasteiger partial charge in [-0.05, 0) is 37.8 Å². The van der Waals surface area contributed by atoms with Gasteiger partial charge in [0.25, 0.3) is 5.56 Å². The van der Waals surface area contributed by atoms with Crippen LogP contribution in [0.15, 0.2) is 29.1 Å². The van der Waals surface area contributed by atoms with E-state index in [2.05, 4.69) is 41.3 Å². The summed E-state index contributed by atoms with van der Waals surface area (Å²) in [7, 11) is 0. The number of unbranched alkanes of at least 4 members (excludes halogenated alkanes) is 1.